The average molecular weight is 576 g/mol. The summed E-state index contributed by atoms with van der Waals surface area (Å²) in [6, 6.07) is 12.1. The SMILES string of the molecule is COc1ccc(Nc2ccc(C(F)(F)F)cc2)c(CN2C(=O)N(c3ccc(C#N)c(C(F)(F)F)c3)C(=O)C2(C)C)c1. The lowest BCUT2D eigenvalue weighted by Gasteiger charge is -2.29. The molecule has 1 aliphatic heterocycles. The Morgan fingerprint density at radius 2 is 1.59 bits per heavy atom. The highest BCUT2D eigenvalue weighted by Crippen LogP contribution is 2.39. The first-order chi connectivity index (χ1) is 19.1. The van der Waals surface area contributed by atoms with E-state index in [1.54, 1.807) is 18.2 Å². The number of amides is 3. The van der Waals surface area contributed by atoms with Crippen LogP contribution in [0.5, 0.6) is 5.75 Å². The van der Waals surface area contributed by atoms with E-state index in [1.807, 2.05) is 0 Å². The van der Waals surface area contributed by atoms with E-state index in [9.17, 15) is 35.9 Å². The van der Waals surface area contributed by atoms with Gasteiger partial charge < -0.3 is 15.0 Å². The minimum absolute atomic E-state index is 0.212. The summed E-state index contributed by atoms with van der Waals surface area (Å²) in [6.07, 6.45) is -9.42. The number of alkyl halides is 6. The largest absolute Gasteiger partial charge is 0.497 e. The summed E-state index contributed by atoms with van der Waals surface area (Å²) in [6.45, 7) is 2.66. The first kappa shape index (κ1) is 29.3. The number of hydrogen-bond acceptors (Lipinski definition) is 5. The van der Waals surface area contributed by atoms with Crippen molar-refractivity contribution in [3.8, 4) is 11.8 Å². The summed E-state index contributed by atoms with van der Waals surface area (Å²) < 4.78 is 84.8. The number of nitrogens with one attached hydrogen (secondary N) is 1. The standard InChI is InChI=1S/C28H22F6N4O3/c1-26(2)24(39)38(20-9-4-16(14-35)22(13-20)28(32,33)34)25(40)37(26)15-17-12-21(41-3)10-11-23(17)36-19-7-5-18(6-8-19)27(29,30)31/h4-13,36H,15H2,1-3H3. The zero-order valence-electron chi connectivity index (χ0n) is 21.8. The summed E-state index contributed by atoms with van der Waals surface area (Å²) in [5.41, 5.74) is -3.52. The van der Waals surface area contributed by atoms with E-state index < -0.39 is 46.5 Å². The van der Waals surface area contributed by atoms with Crippen molar-refractivity contribution in [1.29, 1.82) is 5.26 Å². The van der Waals surface area contributed by atoms with Gasteiger partial charge in [0.15, 0.2) is 0 Å². The van der Waals surface area contributed by atoms with E-state index >= 15 is 0 Å². The molecule has 214 valence electrons. The van der Waals surface area contributed by atoms with Crippen LogP contribution < -0.4 is 15.0 Å². The van der Waals surface area contributed by atoms with Crippen LogP contribution in [0.15, 0.2) is 60.7 Å². The molecule has 0 spiro atoms. The molecule has 0 aromatic heterocycles. The molecule has 1 heterocycles. The highest BCUT2D eigenvalue weighted by atomic mass is 19.4. The number of hydrogen-bond donors (Lipinski definition) is 1. The second kappa shape index (κ2) is 10.3. The molecule has 0 radical (unpaired) electrons. The van der Waals surface area contributed by atoms with Crippen LogP contribution in [0.25, 0.3) is 0 Å². The van der Waals surface area contributed by atoms with Gasteiger partial charge in [0, 0.05) is 11.4 Å². The molecule has 41 heavy (non-hydrogen) atoms. The molecule has 0 unspecified atom stereocenters. The molecule has 1 aliphatic rings. The molecule has 0 atom stereocenters. The van der Waals surface area contributed by atoms with Gasteiger partial charge in [0.25, 0.3) is 5.91 Å². The Morgan fingerprint density at radius 3 is 2.15 bits per heavy atom. The van der Waals surface area contributed by atoms with Crippen LogP contribution in [0.1, 0.15) is 36.1 Å². The lowest BCUT2D eigenvalue weighted by molar-refractivity contribution is -0.138. The third kappa shape index (κ3) is 5.63. The Morgan fingerprint density at radius 1 is 0.927 bits per heavy atom. The number of carbonyl (C=O) groups is 2. The molecule has 1 saturated heterocycles. The quantitative estimate of drug-likeness (QED) is 0.250. The predicted octanol–water partition coefficient (Wildman–Crippen LogP) is 7.10. The van der Waals surface area contributed by atoms with Crippen molar-refractivity contribution in [1.82, 2.24) is 4.90 Å². The van der Waals surface area contributed by atoms with Crippen LogP contribution in [-0.4, -0.2) is 29.5 Å². The van der Waals surface area contributed by atoms with Crippen molar-refractivity contribution < 1.29 is 40.7 Å². The number of anilines is 3. The molecule has 3 amide bonds. The number of ether oxygens (including phenoxy) is 1. The number of carbonyl (C=O) groups excluding carboxylic acids is 2. The molecule has 1 N–H and O–H groups in total. The maximum absolute atomic E-state index is 13.6. The lowest BCUT2D eigenvalue weighted by Crippen LogP contribution is -2.43. The maximum Gasteiger partial charge on any atom is 0.417 e. The highest BCUT2D eigenvalue weighted by Gasteiger charge is 2.52. The van der Waals surface area contributed by atoms with Gasteiger partial charge in [-0.15, -0.1) is 0 Å². The Balaban J connectivity index is 1.69. The minimum Gasteiger partial charge on any atom is -0.497 e. The second-order valence-corrected chi connectivity index (χ2v) is 9.63. The lowest BCUT2D eigenvalue weighted by atomic mass is 10.0. The average Bonchev–Trinajstić information content (AvgIpc) is 3.07. The van der Waals surface area contributed by atoms with Crippen molar-refractivity contribution in [2.75, 3.05) is 17.3 Å². The van der Waals surface area contributed by atoms with Crippen LogP contribution in [0.2, 0.25) is 0 Å². The van der Waals surface area contributed by atoms with Gasteiger partial charge in [0.05, 0.1) is 42.1 Å². The van der Waals surface area contributed by atoms with E-state index in [4.69, 9.17) is 10.00 Å². The maximum atomic E-state index is 13.6. The minimum atomic E-state index is -4.90. The van der Waals surface area contributed by atoms with Gasteiger partial charge in [-0.05, 0) is 80.1 Å². The molecule has 1 fully saturated rings. The number of urea groups is 1. The fourth-order valence-corrected chi connectivity index (χ4v) is 4.35. The van der Waals surface area contributed by atoms with E-state index in [0.717, 1.165) is 29.2 Å². The molecule has 0 aliphatic carbocycles. The Bertz CT molecular complexity index is 1540. The topological polar surface area (TPSA) is 85.7 Å². The number of halogens is 6. The van der Waals surface area contributed by atoms with Gasteiger partial charge in [-0.1, -0.05) is 0 Å². The van der Waals surface area contributed by atoms with Crippen LogP contribution in [0.3, 0.4) is 0 Å². The summed E-state index contributed by atoms with van der Waals surface area (Å²) in [7, 11) is 1.40. The van der Waals surface area contributed by atoms with E-state index in [-0.39, 0.29) is 12.2 Å². The van der Waals surface area contributed by atoms with Crippen LogP contribution in [-0.2, 0) is 23.7 Å². The van der Waals surface area contributed by atoms with Gasteiger partial charge in [-0.25, -0.2) is 9.69 Å². The van der Waals surface area contributed by atoms with Crippen molar-refractivity contribution in [3.63, 3.8) is 0 Å². The van der Waals surface area contributed by atoms with Gasteiger partial charge in [0.2, 0.25) is 0 Å². The zero-order chi connectivity index (χ0) is 30.3. The molecule has 3 aromatic carbocycles. The predicted molar refractivity (Wildman–Crippen MR) is 136 cm³/mol. The fraction of sp³-hybridized carbons (Fsp3) is 0.250. The van der Waals surface area contributed by atoms with Crippen LogP contribution in [0.4, 0.5) is 48.2 Å². The summed E-state index contributed by atoms with van der Waals surface area (Å²) >= 11 is 0. The smallest absolute Gasteiger partial charge is 0.417 e. The van der Waals surface area contributed by atoms with Crippen molar-refractivity contribution in [2.24, 2.45) is 0 Å². The summed E-state index contributed by atoms with van der Waals surface area (Å²) in [4.78, 5) is 28.7. The molecule has 13 heteroatoms. The Hall–Kier alpha value is -4.73. The monoisotopic (exact) mass is 576 g/mol. The molecular formula is C28H22F6N4O3. The second-order valence-electron chi connectivity index (χ2n) is 9.63. The van der Waals surface area contributed by atoms with Crippen molar-refractivity contribution in [2.45, 2.75) is 38.3 Å². The van der Waals surface area contributed by atoms with Gasteiger partial charge in [-0.2, -0.15) is 31.6 Å². The third-order valence-corrected chi connectivity index (χ3v) is 6.64. The number of imide groups is 1. The number of methoxy groups -OCH3 is 1. The molecular weight excluding hydrogens is 554 g/mol. The number of nitriles is 1. The highest BCUT2D eigenvalue weighted by molar-refractivity contribution is 6.23. The van der Waals surface area contributed by atoms with E-state index in [0.29, 0.717) is 33.7 Å². The number of benzene rings is 3. The summed E-state index contributed by atoms with van der Waals surface area (Å²) in [5.74, 6) is -0.409. The molecule has 0 saturated carbocycles. The van der Waals surface area contributed by atoms with E-state index in [2.05, 4.69) is 5.32 Å². The van der Waals surface area contributed by atoms with Crippen LogP contribution in [0, 0.1) is 11.3 Å². The van der Waals surface area contributed by atoms with Gasteiger partial charge in [0.1, 0.15) is 11.3 Å². The first-order valence-electron chi connectivity index (χ1n) is 12.0. The van der Waals surface area contributed by atoms with E-state index in [1.165, 1.54) is 39.2 Å². The van der Waals surface area contributed by atoms with Gasteiger partial charge in [-0.3, -0.25) is 4.79 Å². The normalized spacial score (nSPS) is 15.2. The van der Waals surface area contributed by atoms with Crippen molar-refractivity contribution in [3.05, 3.63) is 82.9 Å². The van der Waals surface area contributed by atoms with Crippen molar-refractivity contribution >= 4 is 29.0 Å². The Labute approximate surface area is 230 Å². The molecule has 7 nitrogen and oxygen atoms in total. The Kier molecular flexibility index (Phi) is 7.38. The number of nitrogens with zero attached hydrogens (tertiary/aromatic N) is 3. The molecule has 0 bridgehead atoms. The van der Waals surface area contributed by atoms with Crippen LogP contribution >= 0.6 is 0 Å². The summed E-state index contributed by atoms with van der Waals surface area (Å²) in [5, 5.41) is 12.1. The number of rotatable bonds is 6. The first-order valence-corrected chi connectivity index (χ1v) is 12.0. The fourth-order valence-electron chi connectivity index (χ4n) is 4.35. The molecule has 3 aromatic rings. The molecule has 4 rings (SSSR count). The third-order valence-electron chi connectivity index (χ3n) is 6.64. The zero-order valence-corrected chi connectivity index (χ0v) is 21.8. The van der Waals surface area contributed by atoms with Gasteiger partial charge >= 0.3 is 18.4 Å².